The predicted octanol–water partition coefficient (Wildman–Crippen LogP) is 2.49. The van der Waals surface area contributed by atoms with Gasteiger partial charge in [0.15, 0.2) is 0 Å². The molecule has 0 unspecified atom stereocenters. The van der Waals surface area contributed by atoms with Crippen LogP contribution in [0.3, 0.4) is 0 Å². The number of thiazole rings is 1. The maximum absolute atomic E-state index is 11.7. The molecule has 6 heteroatoms. The third-order valence-corrected chi connectivity index (χ3v) is 3.11. The summed E-state index contributed by atoms with van der Waals surface area (Å²) >= 11 is 1.64. The third kappa shape index (κ3) is 7.12. The number of rotatable bonds is 6. The van der Waals surface area contributed by atoms with Gasteiger partial charge < -0.3 is 15.0 Å². The van der Waals surface area contributed by atoms with Crippen molar-refractivity contribution in [3.8, 4) is 0 Å². The molecule has 1 amide bonds. The molecule has 0 saturated carbocycles. The summed E-state index contributed by atoms with van der Waals surface area (Å²) in [6.07, 6.45) is 2.49. The molecule has 0 aliphatic rings. The van der Waals surface area contributed by atoms with E-state index < -0.39 is 5.60 Å². The molecule has 0 fully saturated rings. The van der Waals surface area contributed by atoms with Crippen LogP contribution in [0.15, 0.2) is 11.7 Å². The molecule has 1 aromatic rings. The number of aromatic nitrogens is 1. The lowest BCUT2D eigenvalue weighted by Crippen LogP contribution is -2.35. The molecule has 0 saturated heterocycles. The van der Waals surface area contributed by atoms with Gasteiger partial charge in [-0.25, -0.2) is 4.79 Å². The first-order chi connectivity index (χ1) is 8.88. The molecule has 0 spiro atoms. The lowest BCUT2D eigenvalue weighted by Gasteiger charge is -2.24. The van der Waals surface area contributed by atoms with Crippen molar-refractivity contribution in [3.05, 3.63) is 16.6 Å². The molecule has 1 aromatic heterocycles. The van der Waals surface area contributed by atoms with Gasteiger partial charge in [-0.15, -0.1) is 11.3 Å². The summed E-state index contributed by atoms with van der Waals surface area (Å²) < 4.78 is 5.28. The fourth-order valence-electron chi connectivity index (χ4n) is 1.41. The van der Waals surface area contributed by atoms with Gasteiger partial charge in [0.25, 0.3) is 0 Å². The quantitative estimate of drug-likeness (QED) is 0.816. The van der Waals surface area contributed by atoms with E-state index in [1.54, 1.807) is 23.3 Å². The highest BCUT2D eigenvalue weighted by Crippen LogP contribution is 2.09. The Morgan fingerprint density at radius 1 is 1.53 bits per heavy atom. The van der Waals surface area contributed by atoms with Gasteiger partial charge in [-0.3, -0.25) is 4.98 Å². The minimum absolute atomic E-state index is 0.269. The summed E-state index contributed by atoms with van der Waals surface area (Å²) in [6.45, 7) is 8.00. The van der Waals surface area contributed by atoms with E-state index in [4.69, 9.17) is 4.74 Å². The first-order valence-corrected chi connectivity index (χ1v) is 7.28. The number of nitrogens with zero attached hydrogens (tertiary/aromatic N) is 2. The van der Waals surface area contributed by atoms with Crippen molar-refractivity contribution in [2.24, 2.45) is 0 Å². The fraction of sp³-hybridized carbons (Fsp3) is 0.692. The maximum Gasteiger partial charge on any atom is 0.410 e. The standard InChI is InChI=1S/C13H23N3O2S/c1-13(2,3)18-12(17)16(4)7-5-6-14-8-11-9-15-10-19-11/h9-10,14H,5-8H2,1-4H3. The number of hydrogen-bond acceptors (Lipinski definition) is 5. The molecule has 0 bridgehead atoms. The normalized spacial score (nSPS) is 11.4. The zero-order valence-electron chi connectivity index (χ0n) is 12.1. The van der Waals surface area contributed by atoms with Gasteiger partial charge in [-0.1, -0.05) is 0 Å². The van der Waals surface area contributed by atoms with Crippen molar-refractivity contribution in [2.75, 3.05) is 20.1 Å². The second-order valence-electron chi connectivity index (χ2n) is 5.40. The Bertz CT molecular complexity index is 374. The topological polar surface area (TPSA) is 54.5 Å². The predicted molar refractivity (Wildman–Crippen MR) is 77.3 cm³/mol. The molecule has 0 aliphatic heterocycles. The van der Waals surface area contributed by atoms with E-state index in [1.165, 1.54) is 4.88 Å². The number of amides is 1. The van der Waals surface area contributed by atoms with Crippen LogP contribution in [0.2, 0.25) is 0 Å². The second kappa shape index (κ2) is 7.45. The van der Waals surface area contributed by atoms with Crippen LogP contribution in [0, 0.1) is 0 Å². The van der Waals surface area contributed by atoms with Crippen LogP contribution < -0.4 is 5.32 Å². The van der Waals surface area contributed by atoms with Gasteiger partial charge in [0, 0.05) is 31.2 Å². The number of ether oxygens (including phenoxy) is 1. The van der Waals surface area contributed by atoms with Gasteiger partial charge >= 0.3 is 6.09 Å². The zero-order valence-corrected chi connectivity index (χ0v) is 12.9. The molecule has 0 aliphatic carbocycles. The molecule has 0 aromatic carbocycles. The van der Waals surface area contributed by atoms with E-state index in [0.29, 0.717) is 6.54 Å². The van der Waals surface area contributed by atoms with Crippen LogP contribution in [0.1, 0.15) is 32.1 Å². The van der Waals surface area contributed by atoms with Crippen LogP contribution in [-0.2, 0) is 11.3 Å². The minimum Gasteiger partial charge on any atom is -0.444 e. The lowest BCUT2D eigenvalue weighted by atomic mass is 10.2. The molecule has 108 valence electrons. The molecule has 5 nitrogen and oxygen atoms in total. The molecule has 0 atom stereocenters. The summed E-state index contributed by atoms with van der Waals surface area (Å²) in [4.78, 5) is 18.5. The van der Waals surface area contributed by atoms with Crippen molar-refractivity contribution in [1.29, 1.82) is 0 Å². The van der Waals surface area contributed by atoms with E-state index >= 15 is 0 Å². The number of nitrogens with one attached hydrogen (secondary N) is 1. The lowest BCUT2D eigenvalue weighted by molar-refractivity contribution is 0.0297. The average Bonchev–Trinajstić information content (AvgIpc) is 2.79. The Hall–Kier alpha value is -1.14. The molecular formula is C13H23N3O2S. The molecule has 0 radical (unpaired) electrons. The largest absolute Gasteiger partial charge is 0.444 e. The number of carbonyl (C=O) groups is 1. The first kappa shape index (κ1) is 15.9. The Morgan fingerprint density at radius 2 is 2.26 bits per heavy atom. The average molecular weight is 285 g/mol. The Morgan fingerprint density at radius 3 is 2.84 bits per heavy atom. The Labute approximate surface area is 119 Å². The summed E-state index contributed by atoms with van der Waals surface area (Å²) in [6, 6.07) is 0. The SMILES string of the molecule is CN(CCCNCc1cncs1)C(=O)OC(C)(C)C. The zero-order chi connectivity index (χ0) is 14.3. The van der Waals surface area contributed by atoms with Crippen LogP contribution in [0.25, 0.3) is 0 Å². The van der Waals surface area contributed by atoms with Crippen LogP contribution in [0.4, 0.5) is 4.79 Å². The van der Waals surface area contributed by atoms with E-state index in [-0.39, 0.29) is 6.09 Å². The minimum atomic E-state index is -0.435. The summed E-state index contributed by atoms with van der Waals surface area (Å²) in [5, 5.41) is 3.32. The Balaban J connectivity index is 2.10. The summed E-state index contributed by atoms with van der Waals surface area (Å²) in [5.41, 5.74) is 1.39. The monoisotopic (exact) mass is 285 g/mol. The Kier molecular flexibility index (Phi) is 6.24. The van der Waals surface area contributed by atoms with Gasteiger partial charge in [0.1, 0.15) is 5.60 Å². The van der Waals surface area contributed by atoms with Crippen LogP contribution >= 0.6 is 11.3 Å². The van der Waals surface area contributed by atoms with Gasteiger partial charge in [-0.2, -0.15) is 0 Å². The highest BCUT2D eigenvalue weighted by molar-refractivity contribution is 7.09. The molecular weight excluding hydrogens is 262 g/mol. The third-order valence-electron chi connectivity index (χ3n) is 2.33. The molecule has 1 heterocycles. The molecule has 1 N–H and O–H groups in total. The van der Waals surface area contributed by atoms with Crippen LogP contribution in [-0.4, -0.2) is 41.7 Å². The number of carbonyl (C=O) groups excluding carboxylic acids is 1. The van der Waals surface area contributed by atoms with Crippen molar-refractivity contribution in [2.45, 2.75) is 39.3 Å². The van der Waals surface area contributed by atoms with Gasteiger partial charge in [0.05, 0.1) is 5.51 Å². The van der Waals surface area contributed by atoms with Gasteiger partial charge in [-0.05, 0) is 33.7 Å². The van der Waals surface area contributed by atoms with Crippen molar-refractivity contribution >= 4 is 17.4 Å². The molecule has 1 rings (SSSR count). The first-order valence-electron chi connectivity index (χ1n) is 6.40. The smallest absolute Gasteiger partial charge is 0.410 e. The van der Waals surface area contributed by atoms with Crippen molar-refractivity contribution < 1.29 is 9.53 Å². The number of hydrogen-bond donors (Lipinski definition) is 1. The van der Waals surface area contributed by atoms with E-state index in [0.717, 1.165) is 19.5 Å². The fourth-order valence-corrected chi connectivity index (χ4v) is 1.98. The highest BCUT2D eigenvalue weighted by Gasteiger charge is 2.18. The van der Waals surface area contributed by atoms with E-state index in [1.807, 2.05) is 32.5 Å². The van der Waals surface area contributed by atoms with Crippen molar-refractivity contribution in [3.63, 3.8) is 0 Å². The van der Waals surface area contributed by atoms with E-state index in [2.05, 4.69) is 10.3 Å². The van der Waals surface area contributed by atoms with Gasteiger partial charge in [0.2, 0.25) is 0 Å². The summed E-state index contributed by atoms with van der Waals surface area (Å²) in [5.74, 6) is 0. The second-order valence-corrected chi connectivity index (χ2v) is 6.37. The summed E-state index contributed by atoms with van der Waals surface area (Å²) in [7, 11) is 1.76. The van der Waals surface area contributed by atoms with Crippen molar-refractivity contribution in [1.82, 2.24) is 15.2 Å². The maximum atomic E-state index is 11.7. The highest BCUT2D eigenvalue weighted by atomic mass is 32.1. The van der Waals surface area contributed by atoms with E-state index in [9.17, 15) is 4.79 Å². The molecule has 19 heavy (non-hydrogen) atoms. The van der Waals surface area contributed by atoms with Crippen LogP contribution in [0.5, 0.6) is 0 Å².